The molecule has 30 heavy (non-hydrogen) atoms. The molecule has 2 rings (SSSR count). The third kappa shape index (κ3) is 6.80. The van der Waals surface area contributed by atoms with Gasteiger partial charge in [0.15, 0.2) is 5.78 Å². The number of aliphatic hydroxyl groups is 1. The van der Waals surface area contributed by atoms with Crippen LogP contribution in [0.2, 0.25) is 0 Å². The first-order valence-electron chi connectivity index (χ1n) is 10.2. The van der Waals surface area contributed by atoms with Crippen molar-refractivity contribution in [1.82, 2.24) is 5.32 Å². The van der Waals surface area contributed by atoms with Crippen molar-refractivity contribution in [3.8, 4) is 11.1 Å². The Hall–Kier alpha value is -2.48. The lowest BCUT2D eigenvalue weighted by atomic mass is 9.74. The zero-order valence-corrected chi connectivity index (χ0v) is 17.7. The lowest BCUT2D eigenvalue weighted by Crippen LogP contribution is -2.50. The first-order chi connectivity index (χ1) is 14.2. The van der Waals surface area contributed by atoms with Gasteiger partial charge < -0.3 is 20.5 Å². The van der Waals surface area contributed by atoms with Gasteiger partial charge >= 0.3 is 7.12 Å². The number of ketones is 1. The predicted molar refractivity (Wildman–Crippen MR) is 118 cm³/mol. The van der Waals surface area contributed by atoms with Crippen molar-refractivity contribution in [3.05, 3.63) is 60.2 Å². The van der Waals surface area contributed by atoms with Gasteiger partial charge in [-0.1, -0.05) is 62.4 Å². The van der Waals surface area contributed by atoms with Gasteiger partial charge in [-0.05, 0) is 36.5 Å². The molecule has 0 aromatic heterocycles. The number of nitrogens with one attached hydrogen (secondary N) is 1. The summed E-state index contributed by atoms with van der Waals surface area (Å²) in [6.07, 6.45) is -0.887. The Bertz CT molecular complexity index is 838. The summed E-state index contributed by atoms with van der Waals surface area (Å²) < 4.78 is 0. The van der Waals surface area contributed by atoms with E-state index in [1.807, 2.05) is 50.2 Å². The molecule has 2 aromatic rings. The summed E-state index contributed by atoms with van der Waals surface area (Å²) in [5.74, 6) is -2.57. The highest BCUT2D eigenvalue weighted by molar-refractivity contribution is 6.43. The molecule has 0 aliphatic heterocycles. The highest BCUT2D eigenvalue weighted by Crippen LogP contribution is 2.22. The van der Waals surface area contributed by atoms with Gasteiger partial charge in [0.1, 0.15) is 0 Å². The maximum Gasteiger partial charge on any atom is 0.475 e. The Morgan fingerprint density at radius 1 is 0.967 bits per heavy atom. The fourth-order valence-corrected chi connectivity index (χ4v) is 3.36. The number of benzene rings is 2. The molecule has 4 N–H and O–H groups in total. The minimum absolute atomic E-state index is 0.129. The summed E-state index contributed by atoms with van der Waals surface area (Å²) in [6.45, 7) is 5.25. The molecule has 0 radical (unpaired) electrons. The smallest absolute Gasteiger partial charge is 0.426 e. The van der Waals surface area contributed by atoms with Crippen LogP contribution in [0, 0.1) is 11.8 Å². The second-order valence-corrected chi connectivity index (χ2v) is 8.08. The van der Waals surface area contributed by atoms with E-state index in [-0.39, 0.29) is 18.1 Å². The highest BCUT2D eigenvalue weighted by atomic mass is 16.4. The fraction of sp³-hybridized carbons (Fsp3) is 0.391. The van der Waals surface area contributed by atoms with Crippen LogP contribution in [-0.2, 0) is 4.79 Å². The van der Waals surface area contributed by atoms with Crippen LogP contribution in [0.15, 0.2) is 54.6 Å². The Labute approximate surface area is 178 Å². The average molecular weight is 411 g/mol. The molecule has 160 valence electrons. The maximum absolute atomic E-state index is 12.9. The summed E-state index contributed by atoms with van der Waals surface area (Å²) in [7, 11) is -1.72. The van der Waals surface area contributed by atoms with E-state index in [1.165, 1.54) is 6.92 Å². The Balaban J connectivity index is 2.14. The number of Topliss-reactive ketones (excluding diaryl/α,β-unsaturated/α-hetero) is 1. The summed E-state index contributed by atoms with van der Waals surface area (Å²) in [4.78, 5) is 25.5. The molecule has 0 aliphatic carbocycles. The van der Waals surface area contributed by atoms with Crippen LogP contribution in [0.1, 0.15) is 44.0 Å². The van der Waals surface area contributed by atoms with Gasteiger partial charge in [-0.15, -0.1) is 0 Å². The van der Waals surface area contributed by atoms with Crippen LogP contribution in [0.3, 0.4) is 0 Å². The molecule has 3 atom stereocenters. The molecular formula is C23H30BNO5. The Morgan fingerprint density at radius 2 is 1.60 bits per heavy atom. The van der Waals surface area contributed by atoms with Crippen molar-refractivity contribution in [2.45, 2.75) is 45.7 Å². The molecule has 0 heterocycles. The largest absolute Gasteiger partial charge is 0.475 e. The second kappa shape index (κ2) is 11.1. The fourth-order valence-electron chi connectivity index (χ4n) is 3.36. The summed E-state index contributed by atoms with van der Waals surface area (Å²) >= 11 is 0. The van der Waals surface area contributed by atoms with Crippen molar-refractivity contribution in [2.75, 3.05) is 0 Å². The van der Waals surface area contributed by atoms with Gasteiger partial charge in [-0.25, -0.2) is 0 Å². The van der Waals surface area contributed by atoms with Crippen LogP contribution in [0.4, 0.5) is 0 Å². The van der Waals surface area contributed by atoms with Crippen molar-refractivity contribution < 1.29 is 24.7 Å². The monoisotopic (exact) mass is 411 g/mol. The zero-order chi connectivity index (χ0) is 22.3. The van der Waals surface area contributed by atoms with Gasteiger partial charge in [-0.3, -0.25) is 9.59 Å². The van der Waals surface area contributed by atoms with E-state index >= 15 is 0 Å². The van der Waals surface area contributed by atoms with E-state index in [2.05, 4.69) is 5.32 Å². The Kier molecular flexibility index (Phi) is 8.78. The molecule has 7 heteroatoms. The summed E-state index contributed by atoms with van der Waals surface area (Å²) in [6, 6.07) is 16.8. The van der Waals surface area contributed by atoms with Gasteiger partial charge in [0, 0.05) is 12.0 Å². The molecule has 0 fully saturated rings. The number of amides is 1. The molecule has 1 amide bonds. The number of aliphatic hydroxyl groups excluding tert-OH is 1. The number of carbonyl (C=O) groups is 2. The van der Waals surface area contributed by atoms with E-state index in [9.17, 15) is 24.7 Å². The molecule has 0 unspecified atom stereocenters. The molecule has 0 saturated heterocycles. The molecule has 6 nitrogen and oxygen atoms in total. The van der Waals surface area contributed by atoms with E-state index in [0.29, 0.717) is 12.0 Å². The molecule has 0 spiro atoms. The number of hydrogen-bond acceptors (Lipinski definition) is 5. The van der Waals surface area contributed by atoms with E-state index in [0.717, 1.165) is 11.1 Å². The van der Waals surface area contributed by atoms with Gasteiger partial charge in [0.2, 0.25) is 5.91 Å². The minimum Gasteiger partial charge on any atom is -0.426 e. The van der Waals surface area contributed by atoms with Crippen LogP contribution >= 0.6 is 0 Å². The van der Waals surface area contributed by atoms with Crippen LogP contribution in [0.25, 0.3) is 11.1 Å². The molecular weight excluding hydrogens is 381 g/mol. The zero-order valence-electron chi connectivity index (χ0n) is 17.7. The van der Waals surface area contributed by atoms with Crippen molar-refractivity contribution >= 4 is 18.8 Å². The lowest BCUT2D eigenvalue weighted by molar-refractivity contribution is -0.128. The first kappa shape index (κ1) is 23.8. The summed E-state index contributed by atoms with van der Waals surface area (Å²) in [5, 5.41) is 31.8. The van der Waals surface area contributed by atoms with Crippen LogP contribution < -0.4 is 5.32 Å². The van der Waals surface area contributed by atoms with Gasteiger partial charge in [-0.2, -0.15) is 0 Å². The molecule has 0 bridgehead atoms. The van der Waals surface area contributed by atoms with E-state index in [4.69, 9.17) is 0 Å². The predicted octanol–water partition coefficient (Wildman–Crippen LogP) is 2.47. The standard InChI is InChI=1S/C23H30BNO5/c1-15(2)12-22(24(29)30)25-23(28)20(16(3)26)14-21(27)19-11-7-10-18(13-19)17-8-5-4-6-9-17/h4-11,13,15-16,20,22,26,29-30H,12,14H2,1-3H3,(H,25,28)/t16-,20+,22+/m1/s1. The summed E-state index contributed by atoms with van der Waals surface area (Å²) in [5.41, 5.74) is 2.32. The molecule has 0 aliphatic rings. The number of rotatable bonds is 10. The van der Waals surface area contributed by atoms with Gasteiger partial charge in [0.05, 0.1) is 18.0 Å². The van der Waals surface area contributed by atoms with Crippen molar-refractivity contribution in [3.63, 3.8) is 0 Å². The SMILES string of the molecule is CC(C)C[C@H](NC(=O)[C@@H](CC(=O)c1cccc(-c2ccccc2)c1)[C@@H](C)O)B(O)O. The normalized spacial score (nSPS) is 14.1. The second-order valence-electron chi connectivity index (χ2n) is 8.08. The first-order valence-corrected chi connectivity index (χ1v) is 10.2. The van der Waals surface area contributed by atoms with E-state index in [1.54, 1.807) is 18.2 Å². The van der Waals surface area contributed by atoms with E-state index < -0.39 is 31.0 Å². The molecule has 0 saturated carbocycles. The lowest BCUT2D eigenvalue weighted by Gasteiger charge is -2.24. The number of carbonyl (C=O) groups excluding carboxylic acids is 2. The third-order valence-corrected chi connectivity index (χ3v) is 5.03. The third-order valence-electron chi connectivity index (χ3n) is 5.03. The van der Waals surface area contributed by atoms with Crippen molar-refractivity contribution in [2.24, 2.45) is 11.8 Å². The molecule has 2 aromatic carbocycles. The average Bonchev–Trinajstić information content (AvgIpc) is 2.71. The topological polar surface area (TPSA) is 107 Å². The van der Waals surface area contributed by atoms with Crippen molar-refractivity contribution in [1.29, 1.82) is 0 Å². The van der Waals surface area contributed by atoms with Crippen LogP contribution in [0.5, 0.6) is 0 Å². The number of hydrogen-bond donors (Lipinski definition) is 4. The highest BCUT2D eigenvalue weighted by Gasteiger charge is 2.32. The quantitative estimate of drug-likeness (QED) is 0.355. The van der Waals surface area contributed by atoms with Gasteiger partial charge in [0.25, 0.3) is 0 Å². The Morgan fingerprint density at radius 3 is 2.17 bits per heavy atom. The minimum atomic E-state index is -1.72. The van der Waals surface area contributed by atoms with Crippen LogP contribution in [-0.4, -0.2) is 46.0 Å². The maximum atomic E-state index is 12.9.